The lowest BCUT2D eigenvalue weighted by atomic mass is 10.1. The monoisotopic (exact) mass is 334 g/mol. The molecule has 0 aromatic heterocycles. The Morgan fingerprint density at radius 1 is 1.43 bits per heavy atom. The van der Waals surface area contributed by atoms with Crippen molar-refractivity contribution in [2.45, 2.75) is 12.5 Å². The molecule has 1 aliphatic heterocycles. The number of β-amino-alcohol motifs (C(OH)–C–C–N with tert-alkyl or cyclic N) is 1. The predicted molar refractivity (Wildman–Crippen MR) is 84.2 cm³/mol. The fourth-order valence-electron chi connectivity index (χ4n) is 2.08. The highest BCUT2D eigenvalue weighted by Crippen LogP contribution is 2.22. The Bertz CT molecular complexity index is 460. The molecular weight excluding hydrogens is 315 g/mol. The maximum absolute atomic E-state index is 11.7. The van der Waals surface area contributed by atoms with Crippen LogP contribution in [0.2, 0.25) is 5.02 Å². The number of hydrogen-bond donors (Lipinski definition) is 3. The average molecular weight is 335 g/mol. The fraction of sp³-hybridized carbons (Fsp3) is 0.500. The minimum Gasteiger partial charge on any atom is -0.491 e. The van der Waals surface area contributed by atoms with Gasteiger partial charge < -0.3 is 20.5 Å². The predicted octanol–water partition coefficient (Wildman–Crippen LogP) is 1.23. The van der Waals surface area contributed by atoms with Crippen LogP contribution in [0.25, 0.3) is 0 Å². The maximum atomic E-state index is 11.7. The number of benzene rings is 1. The maximum Gasteiger partial charge on any atom is 0.223 e. The normalized spacial score (nSPS) is 20.7. The van der Waals surface area contributed by atoms with E-state index in [-0.39, 0.29) is 43.4 Å². The van der Waals surface area contributed by atoms with E-state index in [2.05, 4.69) is 10.6 Å². The molecule has 2 unspecified atom stereocenters. The highest BCUT2D eigenvalue weighted by molar-refractivity contribution is 6.32. The van der Waals surface area contributed by atoms with Gasteiger partial charge >= 0.3 is 0 Å². The zero-order valence-electron chi connectivity index (χ0n) is 11.5. The third-order valence-corrected chi connectivity index (χ3v) is 3.60. The molecule has 5 nitrogen and oxygen atoms in total. The minimum absolute atomic E-state index is 0. The number of aliphatic hydroxyl groups excluding tert-OH is 1. The molecule has 1 saturated heterocycles. The van der Waals surface area contributed by atoms with E-state index in [0.29, 0.717) is 23.9 Å². The molecular formula is C14H20Cl2N2O3. The zero-order chi connectivity index (χ0) is 14.4. The van der Waals surface area contributed by atoms with Crippen molar-refractivity contribution in [1.82, 2.24) is 10.6 Å². The first-order valence-corrected chi connectivity index (χ1v) is 7.07. The van der Waals surface area contributed by atoms with Crippen LogP contribution in [0.5, 0.6) is 5.75 Å². The van der Waals surface area contributed by atoms with Crippen LogP contribution < -0.4 is 15.4 Å². The lowest BCUT2D eigenvalue weighted by Gasteiger charge is -2.14. The molecule has 118 valence electrons. The molecule has 1 heterocycles. The number of carbonyl (C=O) groups excluding carboxylic acids is 1. The van der Waals surface area contributed by atoms with Crippen LogP contribution in [-0.2, 0) is 4.79 Å². The fourth-order valence-corrected chi connectivity index (χ4v) is 2.27. The van der Waals surface area contributed by atoms with Gasteiger partial charge in [-0.15, -0.1) is 12.4 Å². The van der Waals surface area contributed by atoms with Crippen LogP contribution in [0.1, 0.15) is 6.42 Å². The molecule has 0 radical (unpaired) electrons. The van der Waals surface area contributed by atoms with Crippen molar-refractivity contribution in [2.75, 3.05) is 26.2 Å². The van der Waals surface area contributed by atoms with Gasteiger partial charge in [0.25, 0.3) is 0 Å². The van der Waals surface area contributed by atoms with Gasteiger partial charge in [-0.1, -0.05) is 23.7 Å². The number of ether oxygens (including phenoxy) is 1. The van der Waals surface area contributed by atoms with Crippen molar-refractivity contribution in [3.05, 3.63) is 29.3 Å². The van der Waals surface area contributed by atoms with Gasteiger partial charge in [0.2, 0.25) is 5.91 Å². The number of rotatable bonds is 6. The molecule has 1 amide bonds. The van der Waals surface area contributed by atoms with Gasteiger partial charge in [-0.2, -0.15) is 0 Å². The third-order valence-electron chi connectivity index (χ3n) is 3.29. The second-order valence-corrected chi connectivity index (χ2v) is 5.23. The molecule has 1 aromatic rings. The summed E-state index contributed by atoms with van der Waals surface area (Å²) in [4.78, 5) is 11.7. The summed E-state index contributed by atoms with van der Waals surface area (Å²) >= 11 is 5.94. The van der Waals surface area contributed by atoms with Gasteiger partial charge in [-0.25, -0.2) is 0 Å². The lowest BCUT2D eigenvalue weighted by Crippen LogP contribution is -2.34. The number of halogens is 2. The Hall–Kier alpha value is -1.01. The Balaban J connectivity index is 0.00000220. The Kier molecular flexibility index (Phi) is 7.82. The van der Waals surface area contributed by atoms with Crippen molar-refractivity contribution >= 4 is 29.9 Å². The Morgan fingerprint density at radius 2 is 2.19 bits per heavy atom. The van der Waals surface area contributed by atoms with Gasteiger partial charge in [0.15, 0.2) is 0 Å². The van der Waals surface area contributed by atoms with Crippen molar-refractivity contribution < 1.29 is 14.6 Å². The number of hydrogen-bond acceptors (Lipinski definition) is 4. The van der Waals surface area contributed by atoms with Gasteiger partial charge in [0, 0.05) is 25.6 Å². The second kappa shape index (κ2) is 9.10. The van der Waals surface area contributed by atoms with E-state index in [0.717, 1.165) is 6.54 Å². The van der Waals surface area contributed by atoms with E-state index in [1.807, 2.05) is 12.1 Å². The first-order valence-electron chi connectivity index (χ1n) is 6.69. The third kappa shape index (κ3) is 5.71. The highest BCUT2D eigenvalue weighted by Gasteiger charge is 2.24. The van der Waals surface area contributed by atoms with Crippen LogP contribution in [0.3, 0.4) is 0 Å². The van der Waals surface area contributed by atoms with Crippen LogP contribution in [-0.4, -0.2) is 43.4 Å². The van der Waals surface area contributed by atoms with E-state index in [1.165, 1.54) is 0 Å². The number of amides is 1. The SMILES string of the molecule is Cl.O=C(CCOc1ccccc1Cl)NCC1CNCC1O. The molecule has 21 heavy (non-hydrogen) atoms. The molecule has 0 bridgehead atoms. The Labute approximate surface area is 135 Å². The molecule has 1 aromatic carbocycles. The van der Waals surface area contributed by atoms with E-state index in [4.69, 9.17) is 16.3 Å². The van der Waals surface area contributed by atoms with Crippen LogP contribution in [0.15, 0.2) is 24.3 Å². The van der Waals surface area contributed by atoms with Crippen molar-refractivity contribution in [1.29, 1.82) is 0 Å². The standard InChI is InChI=1S/C14H19ClN2O3.ClH/c15-11-3-1-2-4-13(11)20-6-5-14(19)17-8-10-7-16-9-12(10)18;/h1-4,10,12,16,18H,5-9H2,(H,17,19);1H. The van der Waals surface area contributed by atoms with E-state index >= 15 is 0 Å². The summed E-state index contributed by atoms with van der Waals surface area (Å²) in [5, 5.41) is 16.0. The number of nitrogens with one attached hydrogen (secondary N) is 2. The molecule has 0 saturated carbocycles. The molecule has 3 N–H and O–H groups in total. The quantitative estimate of drug-likeness (QED) is 0.731. The van der Waals surface area contributed by atoms with Crippen molar-refractivity contribution in [2.24, 2.45) is 5.92 Å². The average Bonchev–Trinajstić information content (AvgIpc) is 2.84. The first kappa shape index (κ1) is 18.0. The van der Waals surface area contributed by atoms with Crippen molar-refractivity contribution in [3.63, 3.8) is 0 Å². The van der Waals surface area contributed by atoms with Gasteiger partial charge in [0.05, 0.1) is 24.2 Å². The number of carbonyl (C=O) groups is 1. The lowest BCUT2D eigenvalue weighted by molar-refractivity contribution is -0.121. The molecule has 2 rings (SSSR count). The van der Waals surface area contributed by atoms with Gasteiger partial charge in [0.1, 0.15) is 5.75 Å². The van der Waals surface area contributed by atoms with E-state index < -0.39 is 0 Å². The summed E-state index contributed by atoms with van der Waals surface area (Å²) in [5.74, 6) is 0.581. The van der Waals surface area contributed by atoms with Crippen LogP contribution in [0.4, 0.5) is 0 Å². The topological polar surface area (TPSA) is 70.6 Å². The van der Waals surface area contributed by atoms with E-state index in [9.17, 15) is 9.90 Å². The largest absolute Gasteiger partial charge is 0.491 e. The van der Waals surface area contributed by atoms with Crippen LogP contribution >= 0.6 is 24.0 Å². The molecule has 1 aliphatic rings. The Morgan fingerprint density at radius 3 is 2.86 bits per heavy atom. The second-order valence-electron chi connectivity index (χ2n) is 4.82. The van der Waals surface area contributed by atoms with Gasteiger partial charge in [-0.3, -0.25) is 4.79 Å². The number of aliphatic hydroxyl groups is 1. The minimum atomic E-state index is -0.380. The summed E-state index contributed by atoms with van der Waals surface area (Å²) in [5.41, 5.74) is 0. The smallest absolute Gasteiger partial charge is 0.223 e. The summed E-state index contributed by atoms with van der Waals surface area (Å²) in [6.07, 6.45) is -0.115. The number of para-hydroxylation sites is 1. The summed E-state index contributed by atoms with van der Waals surface area (Å²) in [6.45, 7) is 2.09. The molecule has 1 fully saturated rings. The molecule has 7 heteroatoms. The summed E-state index contributed by atoms with van der Waals surface area (Å²) in [7, 11) is 0. The van der Waals surface area contributed by atoms with Gasteiger partial charge in [-0.05, 0) is 12.1 Å². The highest BCUT2D eigenvalue weighted by atomic mass is 35.5. The summed E-state index contributed by atoms with van der Waals surface area (Å²) in [6, 6.07) is 7.16. The zero-order valence-corrected chi connectivity index (χ0v) is 13.1. The van der Waals surface area contributed by atoms with Crippen LogP contribution in [0, 0.1) is 5.92 Å². The molecule has 2 atom stereocenters. The van der Waals surface area contributed by atoms with Crippen molar-refractivity contribution in [3.8, 4) is 5.75 Å². The van der Waals surface area contributed by atoms with E-state index in [1.54, 1.807) is 12.1 Å². The molecule has 0 spiro atoms. The summed E-state index contributed by atoms with van der Waals surface area (Å²) < 4.78 is 5.45. The first-order chi connectivity index (χ1) is 9.66. The molecule has 0 aliphatic carbocycles.